The molecule has 0 spiro atoms. The third-order valence-electron chi connectivity index (χ3n) is 6.07. The van der Waals surface area contributed by atoms with Gasteiger partial charge in [-0.05, 0) is 37.5 Å². The van der Waals surface area contributed by atoms with Crippen LogP contribution in [-0.2, 0) is 17.7 Å². The number of aliphatic imine (C=N–C) groups is 1. The van der Waals surface area contributed by atoms with Gasteiger partial charge < -0.3 is 19.5 Å². The number of aromatic nitrogens is 2. The lowest BCUT2D eigenvalue weighted by molar-refractivity contribution is -0.00833. The van der Waals surface area contributed by atoms with Crippen LogP contribution in [0.2, 0.25) is 0 Å². The first-order valence-corrected chi connectivity index (χ1v) is 11.9. The molecule has 1 unspecified atom stereocenters. The zero-order valence-corrected chi connectivity index (χ0v) is 22.7. The molecule has 1 aromatic heterocycles. The largest absolute Gasteiger partial charge is 0.370 e. The van der Waals surface area contributed by atoms with Crippen molar-refractivity contribution in [3.05, 3.63) is 89.0 Å². The van der Waals surface area contributed by atoms with Gasteiger partial charge in [0.15, 0.2) is 5.96 Å². The molecule has 0 aliphatic carbocycles. The van der Waals surface area contributed by atoms with E-state index in [4.69, 9.17) is 9.73 Å². The fourth-order valence-electron chi connectivity index (χ4n) is 4.40. The number of hydrogen-bond acceptors (Lipinski definition) is 3. The maximum atomic E-state index is 6.14. The van der Waals surface area contributed by atoms with Crippen molar-refractivity contribution < 1.29 is 4.74 Å². The Bertz CT molecular complexity index is 1070. The molecule has 0 amide bonds. The molecule has 1 saturated heterocycles. The molecule has 1 N–H and O–H groups in total. The van der Waals surface area contributed by atoms with Gasteiger partial charge in [0.25, 0.3) is 0 Å². The maximum Gasteiger partial charge on any atom is 0.194 e. The van der Waals surface area contributed by atoms with E-state index in [9.17, 15) is 0 Å². The van der Waals surface area contributed by atoms with Crippen molar-refractivity contribution in [1.82, 2.24) is 19.8 Å². The van der Waals surface area contributed by atoms with Crippen LogP contribution in [0.4, 0.5) is 0 Å². The van der Waals surface area contributed by atoms with Crippen molar-refractivity contribution in [2.75, 3.05) is 32.8 Å². The second-order valence-electron chi connectivity index (χ2n) is 8.61. The smallest absolute Gasteiger partial charge is 0.194 e. The first kappa shape index (κ1) is 26.2. The van der Waals surface area contributed by atoms with Crippen molar-refractivity contribution >= 4 is 29.9 Å². The lowest BCUT2D eigenvalue weighted by atomic mass is 10.00. The summed E-state index contributed by atoms with van der Waals surface area (Å²) in [5, 5.41) is 3.48. The molecule has 2 heterocycles. The molecule has 1 fully saturated rings. The Hall–Kier alpha value is -2.39. The number of ether oxygens (including phenoxy) is 1. The molecule has 1 aliphatic rings. The van der Waals surface area contributed by atoms with Crippen molar-refractivity contribution in [1.29, 1.82) is 0 Å². The minimum absolute atomic E-state index is 0. The van der Waals surface area contributed by atoms with Crippen LogP contribution in [0.3, 0.4) is 0 Å². The Morgan fingerprint density at radius 1 is 1.18 bits per heavy atom. The summed E-state index contributed by atoms with van der Waals surface area (Å²) in [6, 6.07) is 17.1. The van der Waals surface area contributed by atoms with E-state index in [2.05, 4.69) is 83.0 Å². The molecule has 1 aliphatic heterocycles. The first-order chi connectivity index (χ1) is 16.1. The Kier molecular flexibility index (Phi) is 9.95. The number of nitrogens with zero attached hydrogens (tertiary/aromatic N) is 4. The van der Waals surface area contributed by atoms with E-state index in [0.717, 1.165) is 44.4 Å². The second-order valence-corrected chi connectivity index (χ2v) is 8.61. The van der Waals surface area contributed by atoms with Gasteiger partial charge >= 0.3 is 0 Å². The van der Waals surface area contributed by atoms with E-state index in [0.29, 0.717) is 13.2 Å². The van der Waals surface area contributed by atoms with Crippen LogP contribution in [0, 0.1) is 13.8 Å². The predicted molar refractivity (Wildman–Crippen MR) is 149 cm³/mol. The Morgan fingerprint density at radius 3 is 2.76 bits per heavy atom. The lowest BCUT2D eigenvalue weighted by Crippen LogP contribution is -2.48. The minimum atomic E-state index is 0. The highest BCUT2D eigenvalue weighted by Gasteiger charge is 2.25. The summed E-state index contributed by atoms with van der Waals surface area (Å²) in [5.74, 6) is 2.02. The molecular weight excluding hydrogens is 537 g/mol. The first-order valence-electron chi connectivity index (χ1n) is 11.9. The molecule has 0 bridgehead atoms. The quantitative estimate of drug-likeness (QED) is 0.252. The number of hydrogen-bond donors (Lipinski definition) is 1. The van der Waals surface area contributed by atoms with Crippen LogP contribution in [0.15, 0.2) is 65.9 Å². The van der Waals surface area contributed by atoms with Gasteiger partial charge in [-0.15, -0.1) is 24.0 Å². The van der Waals surface area contributed by atoms with Gasteiger partial charge in [-0.1, -0.05) is 54.1 Å². The summed E-state index contributed by atoms with van der Waals surface area (Å²) < 4.78 is 8.35. The van der Waals surface area contributed by atoms with Crippen molar-refractivity contribution in [2.45, 2.75) is 39.8 Å². The summed E-state index contributed by atoms with van der Waals surface area (Å²) in [7, 11) is 0. The number of nitrogens with one attached hydrogen (secondary N) is 1. The molecular formula is C27H36IN5O. The molecule has 182 valence electrons. The summed E-state index contributed by atoms with van der Waals surface area (Å²) in [5.41, 5.74) is 5.11. The van der Waals surface area contributed by atoms with Gasteiger partial charge in [0.2, 0.25) is 0 Å². The molecule has 3 aromatic rings. The number of aryl methyl sites for hydroxylation is 2. The number of imidazole rings is 1. The SMILES string of the molecule is CCNC(=NCCc1nccn1Cc1ccccc1)N1CCOC(c2ccc(C)cc2C)C1.I. The Balaban J connectivity index is 0.00000324. The van der Waals surface area contributed by atoms with Crippen LogP contribution >= 0.6 is 24.0 Å². The second kappa shape index (κ2) is 12.9. The topological polar surface area (TPSA) is 54.7 Å². The van der Waals surface area contributed by atoms with Crippen LogP contribution in [0.1, 0.15) is 41.1 Å². The zero-order chi connectivity index (χ0) is 23.0. The molecule has 2 aromatic carbocycles. The normalized spacial score (nSPS) is 16.3. The fraction of sp³-hybridized carbons (Fsp3) is 0.407. The van der Waals surface area contributed by atoms with Gasteiger partial charge in [-0.25, -0.2) is 4.98 Å². The average molecular weight is 574 g/mol. The van der Waals surface area contributed by atoms with E-state index in [1.54, 1.807) is 0 Å². The maximum absolute atomic E-state index is 6.14. The summed E-state index contributed by atoms with van der Waals surface area (Å²) in [4.78, 5) is 11.9. The van der Waals surface area contributed by atoms with Crippen LogP contribution in [-0.4, -0.2) is 53.2 Å². The van der Waals surface area contributed by atoms with E-state index >= 15 is 0 Å². The van der Waals surface area contributed by atoms with Crippen molar-refractivity contribution in [3.63, 3.8) is 0 Å². The molecule has 4 rings (SSSR count). The van der Waals surface area contributed by atoms with Gasteiger partial charge in [-0.2, -0.15) is 0 Å². The van der Waals surface area contributed by atoms with E-state index < -0.39 is 0 Å². The van der Waals surface area contributed by atoms with Crippen LogP contribution in [0.5, 0.6) is 0 Å². The van der Waals surface area contributed by atoms with E-state index in [1.807, 2.05) is 18.5 Å². The summed E-state index contributed by atoms with van der Waals surface area (Å²) in [6.45, 7) is 11.1. The van der Waals surface area contributed by atoms with E-state index in [1.165, 1.54) is 22.3 Å². The van der Waals surface area contributed by atoms with Crippen LogP contribution < -0.4 is 5.32 Å². The third kappa shape index (κ3) is 6.82. The number of guanidine groups is 1. The Morgan fingerprint density at radius 2 is 2.00 bits per heavy atom. The number of rotatable bonds is 7. The Labute approximate surface area is 220 Å². The van der Waals surface area contributed by atoms with Gasteiger partial charge in [0, 0.05) is 45.0 Å². The highest BCUT2D eigenvalue weighted by Crippen LogP contribution is 2.26. The standard InChI is InChI=1S/C27H35N5O.HI/c1-4-28-27(32-16-17-33-25(20-32)24-11-10-21(2)18-22(24)3)30-13-12-26-29-14-15-31(26)19-23-8-6-5-7-9-23;/h5-11,14-15,18,25H,4,12-13,16-17,19-20H2,1-3H3,(H,28,30);1H. The number of benzene rings is 2. The number of morpholine rings is 1. The highest BCUT2D eigenvalue weighted by molar-refractivity contribution is 14.0. The monoisotopic (exact) mass is 573 g/mol. The number of halogens is 1. The summed E-state index contributed by atoms with van der Waals surface area (Å²) >= 11 is 0. The van der Waals surface area contributed by atoms with Crippen LogP contribution in [0.25, 0.3) is 0 Å². The van der Waals surface area contributed by atoms with E-state index in [-0.39, 0.29) is 30.1 Å². The average Bonchev–Trinajstić information content (AvgIpc) is 3.26. The highest BCUT2D eigenvalue weighted by atomic mass is 127. The molecule has 6 nitrogen and oxygen atoms in total. The summed E-state index contributed by atoms with van der Waals surface area (Å²) in [6.07, 6.45) is 4.80. The zero-order valence-electron chi connectivity index (χ0n) is 20.4. The molecule has 0 saturated carbocycles. The molecule has 0 radical (unpaired) electrons. The fourth-order valence-corrected chi connectivity index (χ4v) is 4.40. The van der Waals surface area contributed by atoms with Gasteiger partial charge in [-0.3, -0.25) is 4.99 Å². The van der Waals surface area contributed by atoms with Crippen molar-refractivity contribution in [2.24, 2.45) is 4.99 Å². The third-order valence-corrected chi connectivity index (χ3v) is 6.07. The lowest BCUT2D eigenvalue weighted by Gasteiger charge is -2.36. The molecule has 1 atom stereocenters. The van der Waals surface area contributed by atoms with Crippen molar-refractivity contribution in [3.8, 4) is 0 Å². The molecule has 34 heavy (non-hydrogen) atoms. The predicted octanol–water partition coefficient (Wildman–Crippen LogP) is 4.75. The minimum Gasteiger partial charge on any atom is -0.370 e. The molecule has 7 heteroatoms. The van der Waals surface area contributed by atoms with Gasteiger partial charge in [0.05, 0.1) is 13.2 Å². The van der Waals surface area contributed by atoms with Gasteiger partial charge in [0.1, 0.15) is 11.9 Å².